The zero-order valence-electron chi connectivity index (χ0n) is 11.4. The molecule has 1 fully saturated rings. The minimum atomic E-state index is -0.376. The van der Waals surface area contributed by atoms with E-state index in [0.29, 0.717) is 18.3 Å². The molecule has 0 aromatic rings. The van der Waals surface area contributed by atoms with Crippen LogP contribution in [0.5, 0.6) is 0 Å². The summed E-state index contributed by atoms with van der Waals surface area (Å²) in [5.41, 5.74) is 0.404. The molecule has 1 saturated carbocycles. The van der Waals surface area contributed by atoms with Gasteiger partial charge >= 0.3 is 5.97 Å². The maximum absolute atomic E-state index is 11.1. The van der Waals surface area contributed by atoms with Crippen LogP contribution in [0, 0.1) is 0 Å². The van der Waals surface area contributed by atoms with E-state index in [1.165, 1.54) is 19.3 Å². The van der Waals surface area contributed by atoms with E-state index in [1.807, 2.05) is 6.92 Å². The molecule has 0 radical (unpaired) electrons. The molecule has 1 rings (SSSR count). The minimum Gasteiger partial charge on any atom is -0.460 e. The fourth-order valence-corrected chi connectivity index (χ4v) is 1.98. The number of hydrogen-bond donors (Lipinski definition) is 0. The largest absolute Gasteiger partial charge is 0.460 e. The molecular formula is C14H24O4. The van der Waals surface area contributed by atoms with Crippen molar-refractivity contribution in [3.05, 3.63) is 12.2 Å². The van der Waals surface area contributed by atoms with Crippen molar-refractivity contribution in [3.8, 4) is 0 Å². The molecule has 1 unspecified atom stereocenters. The van der Waals surface area contributed by atoms with E-state index >= 15 is 0 Å². The fraction of sp³-hybridized carbons (Fsp3) is 0.786. The Morgan fingerprint density at radius 1 is 1.28 bits per heavy atom. The molecular weight excluding hydrogens is 232 g/mol. The standard InChI is InChI=1S/C14H24O4/c1-11(2)14(15)17-10-9-16-12(3)18-13-7-5-4-6-8-13/h12-13H,1,4-10H2,2-3H3. The first kappa shape index (κ1) is 15.2. The minimum absolute atomic E-state index is 0.239. The van der Waals surface area contributed by atoms with Gasteiger partial charge in [0.2, 0.25) is 0 Å². The SMILES string of the molecule is C=C(C)C(=O)OCCOC(C)OC1CCCCC1. The van der Waals surface area contributed by atoms with Crippen molar-refractivity contribution in [3.63, 3.8) is 0 Å². The summed E-state index contributed by atoms with van der Waals surface area (Å²) in [6, 6.07) is 0. The van der Waals surface area contributed by atoms with Crippen molar-refractivity contribution in [2.45, 2.75) is 58.3 Å². The molecule has 0 heterocycles. The highest BCUT2D eigenvalue weighted by Crippen LogP contribution is 2.21. The summed E-state index contributed by atoms with van der Waals surface area (Å²) in [6.07, 6.45) is 6.13. The molecule has 1 aliphatic carbocycles. The molecule has 4 heteroatoms. The van der Waals surface area contributed by atoms with E-state index in [0.717, 1.165) is 12.8 Å². The quantitative estimate of drug-likeness (QED) is 0.304. The van der Waals surface area contributed by atoms with Crippen LogP contribution in [-0.2, 0) is 19.0 Å². The summed E-state index contributed by atoms with van der Waals surface area (Å²) in [4.78, 5) is 11.1. The van der Waals surface area contributed by atoms with E-state index in [9.17, 15) is 4.79 Å². The predicted octanol–water partition coefficient (Wildman–Crippen LogP) is 2.82. The Balaban J connectivity index is 2.04. The smallest absolute Gasteiger partial charge is 0.333 e. The average molecular weight is 256 g/mol. The molecule has 4 nitrogen and oxygen atoms in total. The van der Waals surface area contributed by atoms with Crippen molar-refractivity contribution < 1.29 is 19.0 Å². The van der Waals surface area contributed by atoms with E-state index in [4.69, 9.17) is 14.2 Å². The molecule has 18 heavy (non-hydrogen) atoms. The summed E-state index contributed by atoms with van der Waals surface area (Å²) >= 11 is 0. The molecule has 0 amide bonds. The topological polar surface area (TPSA) is 44.8 Å². The molecule has 0 saturated heterocycles. The molecule has 0 bridgehead atoms. The maximum Gasteiger partial charge on any atom is 0.333 e. The monoisotopic (exact) mass is 256 g/mol. The second-order valence-corrected chi connectivity index (χ2v) is 4.75. The number of esters is 1. The third-order valence-corrected chi connectivity index (χ3v) is 2.95. The summed E-state index contributed by atoms with van der Waals surface area (Å²) < 4.78 is 16.1. The summed E-state index contributed by atoms with van der Waals surface area (Å²) in [7, 11) is 0. The highest BCUT2D eigenvalue weighted by atomic mass is 16.7. The number of carbonyl (C=O) groups is 1. The van der Waals surface area contributed by atoms with Crippen molar-refractivity contribution in [1.29, 1.82) is 0 Å². The molecule has 0 spiro atoms. The van der Waals surface area contributed by atoms with Gasteiger partial charge in [0.05, 0.1) is 12.7 Å². The average Bonchev–Trinajstić information content (AvgIpc) is 2.35. The van der Waals surface area contributed by atoms with Crippen LogP contribution in [0.25, 0.3) is 0 Å². The Morgan fingerprint density at radius 2 is 1.94 bits per heavy atom. The normalized spacial score (nSPS) is 18.3. The Labute approximate surface area is 109 Å². The van der Waals surface area contributed by atoms with Gasteiger partial charge in [-0.2, -0.15) is 0 Å². The second kappa shape index (κ2) is 8.27. The molecule has 1 aliphatic rings. The first-order valence-corrected chi connectivity index (χ1v) is 6.69. The van der Waals surface area contributed by atoms with Crippen LogP contribution in [-0.4, -0.2) is 31.6 Å². The summed E-state index contributed by atoms with van der Waals surface area (Å²) in [6.45, 7) is 7.61. The lowest BCUT2D eigenvalue weighted by molar-refractivity contribution is -0.174. The third-order valence-electron chi connectivity index (χ3n) is 2.95. The van der Waals surface area contributed by atoms with Crippen LogP contribution in [0.2, 0.25) is 0 Å². The number of carbonyl (C=O) groups excluding carboxylic acids is 1. The van der Waals surface area contributed by atoms with Gasteiger partial charge in [0.25, 0.3) is 0 Å². The van der Waals surface area contributed by atoms with Gasteiger partial charge in [0.1, 0.15) is 6.61 Å². The van der Waals surface area contributed by atoms with Crippen molar-refractivity contribution in [2.24, 2.45) is 0 Å². The van der Waals surface area contributed by atoms with Crippen molar-refractivity contribution in [2.75, 3.05) is 13.2 Å². The van der Waals surface area contributed by atoms with Gasteiger partial charge in [-0.3, -0.25) is 0 Å². The third kappa shape index (κ3) is 6.17. The summed E-state index contributed by atoms with van der Waals surface area (Å²) in [5.74, 6) is -0.376. The lowest BCUT2D eigenvalue weighted by Gasteiger charge is -2.25. The lowest BCUT2D eigenvalue weighted by atomic mass is 9.98. The van der Waals surface area contributed by atoms with Gasteiger partial charge in [-0.05, 0) is 26.7 Å². The zero-order valence-corrected chi connectivity index (χ0v) is 11.4. The van der Waals surface area contributed by atoms with Gasteiger partial charge in [-0.1, -0.05) is 25.8 Å². The van der Waals surface area contributed by atoms with Gasteiger partial charge in [0, 0.05) is 5.57 Å². The molecule has 104 valence electrons. The van der Waals surface area contributed by atoms with Gasteiger partial charge < -0.3 is 14.2 Å². The Bertz CT molecular complexity index is 269. The lowest BCUT2D eigenvalue weighted by Crippen LogP contribution is -2.25. The maximum atomic E-state index is 11.1. The van der Waals surface area contributed by atoms with Crippen molar-refractivity contribution >= 4 is 5.97 Å². The van der Waals surface area contributed by atoms with Crippen LogP contribution in [0.15, 0.2) is 12.2 Å². The zero-order chi connectivity index (χ0) is 13.4. The predicted molar refractivity (Wildman–Crippen MR) is 69.1 cm³/mol. The molecule has 0 N–H and O–H groups in total. The van der Waals surface area contributed by atoms with Crippen LogP contribution >= 0.6 is 0 Å². The number of hydrogen-bond acceptors (Lipinski definition) is 4. The first-order chi connectivity index (χ1) is 8.59. The van der Waals surface area contributed by atoms with E-state index in [2.05, 4.69) is 6.58 Å². The van der Waals surface area contributed by atoms with Gasteiger partial charge in [-0.25, -0.2) is 4.79 Å². The Morgan fingerprint density at radius 3 is 2.56 bits per heavy atom. The van der Waals surface area contributed by atoms with Crippen LogP contribution in [0.4, 0.5) is 0 Å². The van der Waals surface area contributed by atoms with E-state index in [-0.39, 0.29) is 18.9 Å². The van der Waals surface area contributed by atoms with Crippen molar-refractivity contribution in [1.82, 2.24) is 0 Å². The number of ether oxygens (including phenoxy) is 3. The van der Waals surface area contributed by atoms with Crippen LogP contribution < -0.4 is 0 Å². The fourth-order valence-electron chi connectivity index (χ4n) is 1.98. The van der Waals surface area contributed by atoms with Crippen LogP contribution in [0.3, 0.4) is 0 Å². The second-order valence-electron chi connectivity index (χ2n) is 4.75. The first-order valence-electron chi connectivity index (χ1n) is 6.69. The molecule has 0 aliphatic heterocycles. The van der Waals surface area contributed by atoms with E-state index in [1.54, 1.807) is 6.92 Å². The summed E-state index contributed by atoms with van der Waals surface area (Å²) in [5, 5.41) is 0. The molecule has 1 atom stereocenters. The molecule has 0 aromatic heterocycles. The van der Waals surface area contributed by atoms with E-state index < -0.39 is 0 Å². The van der Waals surface area contributed by atoms with Crippen LogP contribution in [0.1, 0.15) is 46.0 Å². The molecule has 0 aromatic carbocycles. The Kier molecular flexibility index (Phi) is 6.98. The Hall–Kier alpha value is -0.870. The van der Waals surface area contributed by atoms with Gasteiger partial charge in [-0.15, -0.1) is 0 Å². The number of rotatable bonds is 7. The van der Waals surface area contributed by atoms with Gasteiger partial charge in [0.15, 0.2) is 6.29 Å². The highest BCUT2D eigenvalue weighted by Gasteiger charge is 2.16. The highest BCUT2D eigenvalue weighted by molar-refractivity contribution is 5.86.